The molecule has 1 fully saturated rings. The molecule has 1 aliphatic heterocycles. The van der Waals surface area contributed by atoms with Gasteiger partial charge in [0, 0.05) is 38.6 Å². The Morgan fingerprint density at radius 1 is 1.46 bits per heavy atom. The summed E-state index contributed by atoms with van der Waals surface area (Å²) in [6, 6.07) is 3.92. The number of hydrogen-bond donors (Lipinski definition) is 2. The first-order chi connectivity index (χ1) is 11.6. The number of likely N-dealkylation sites (N-methyl/N-ethyl adjacent to an activating group) is 1. The molecule has 3 heterocycles. The van der Waals surface area contributed by atoms with E-state index in [4.69, 9.17) is 5.11 Å². The molecule has 1 atom stereocenters. The summed E-state index contributed by atoms with van der Waals surface area (Å²) in [7, 11) is 1.56. The van der Waals surface area contributed by atoms with Crippen LogP contribution in [0, 0.1) is 0 Å². The first-order valence-corrected chi connectivity index (χ1v) is 8.98. The maximum Gasteiger partial charge on any atom is 0.267 e. The highest BCUT2D eigenvalue weighted by molar-refractivity contribution is 7.81. The number of nitrogens with zero attached hydrogens (tertiary/aromatic N) is 4. The van der Waals surface area contributed by atoms with Crippen LogP contribution in [0.5, 0.6) is 0 Å². The molecule has 3 rings (SSSR count). The molecule has 2 aromatic heterocycles. The molecule has 2 aromatic rings. The second-order valence-corrected chi connectivity index (χ2v) is 7.05. The van der Waals surface area contributed by atoms with Crippen LogP contribution in [0.2, 0.25) is 0 Å². The van der Waals surface area contributed by atoms with Gasteiger partial charge in [-0.25, -0.2) is 13.0 Å². The highest BCUT2D eigenvalue weighted by Crippen LogP contribution is 2.23. The lowest BCUT2D eigenvalue weighted by Gasteiger charge is -2.17. The third-order valence-electron chi connectivity index (χ3n) is 4.10. The van der Waals surface area contributed by atoms with Gasteiger partial charge in [-0.2, -0.15) is 5.10 Å². The number of anilines is 1. The lowest BCUT2D eigenvalue weighted by molar-refractivity contribution is 0.0982. The van der Waals surface area contributed by atoms with Crippen LogP contribution in [0.3, 0.4) is 0 Å². The lowest BCUT2D eigenvalue weighted by atomic mass is 10.2. The molecule has 1 amide bonds. The van der Waals surface area contributed by atoms with Gasteiger partial charge in [0.15, 0.2) is 11.2 Å². The summed E-state index contributed by atoms with van der Waals surface area (Å²) in [6.07, 6.45) is 5.65. The average Bonchev–Trinajstić information content (AvgIpc) is 3.23. The predicted octanol–water partition coefficient (Wildman–Crippen LogP) is 0.167. The largest absolute Gasteiger partial charge is 0.395 e. The van der Waals surface area contributed by atoms with E-state index in [2.05, 4.69) is 14.7 Å². The Bertz CT molecular complexity index is 757. The molecular weight excluding hydrogens is 330 g/mol. The number of nitrogens with one attached hydrogen (secondary N) is 1. The van der Waals surface area contributed by atoms with Gasteiger partial charge in [-0.3, -0.25) is 9.52 Å². The van der Waals surface area contributed by atoms with Crippen molar-refractivity contribution in [1.82, 2.24) is 18.6 Å². The summed E-state index contributed by atoms with van der Waals surface area (Å²) in [4.78, 5) is 14.7. The third kappa shape index (κ3) is 3.42. The monoisotopic (exact) mass is 351 g/mol. The topological polar surface area (TPSA) is 90.2 Å². The van der Waals surface area contributed by atoms with Gasteiger partial charge in [-0.15, -0.1) is 0 Å². The third-order valence-corrected chi connectivity index (χ3v) is 5.21. The van der Waals surface area contributed by atoms with E-state index in [0.29, 0.717) is 11.1 Å². The van der Waals surface area contributed by atoms with Gasteiger partial charge in [0.1, 0.15) is 0 Å². The lowest BCUT2D eigenvalue weighted by Crippen LogP contribution is -2.37. The van der Waals surface area contributed by atoms with E-state index in [0.717, 1.165) is 18.8 Å². The normalized spacial score (nSPS) is 16.0. The Balaban J connectivity index is 1.82. The number of aliphatic hydroxyl groups excluding tert-OH is 1. The summed E-state index contributed by atoms with van der Waals surface area (Å²) < 4.78 is 17.4. The van der Waals surface area contributed by atoms with Gasteiger partial charge in [0.2, 0.25) is 0 Å². The summed E-state index contributed by atoms with van der Waals surface area (Å²) in [5.41, 5.74) is 2.12. The van der Waals surface area contributed by atoms with Crippen LogP contribution in [0.1, 0.15) is 23.2 Å². The first kappa shape index (κ1) is 16.9. The Morgan fingerprint density at radius 2 is 2.21 bits per heavy atom. The highest BCUT2D eigenvalue weighted by Gasteiger charge is 2.19. The molecule has 24 heavy (non-hydrogen) atoms. The fourth-order valence-electron chi connectivity index (χ4n) is 2.75. The van der Waals surface area contributed by atoms with Crippen molar-refractivity contribution in [1.29, 1.82) is 0 Å². The zero-order valence-corrected chi connectivity index (χ0v) is 14.3. The standard InChI is InChI=1S/C15H21N5O3S/c1-18(8-9-21)24(23)17-15(22)13-11-16-20-7-4-12(10-14(13)20)19-5-2-3-6-19/h4,7,10-11,21H,2-3,5-6,8-9H2,1H3,(H,17,22). The molecule has 0 bridgehead atoms. The number of aromatic nitrogens is 2. The van der Waals surface area contributed by atoms with Crippen molar-refractivity contribution >= 4 is 28.3 Å². The predicted molar refractivity (Wildman–Crippen MR) is 92.0 cm³/mol. The van der Waals surface area contributed by atoms with E-state index >= 15 is 0 Å². The number of carbonyl (C=O) groups excluding carboxylic acids is 1. The minimum atomic E-state index is -1.70. The van der Waals surface area contributed by atoms with Gasteiger partial charge >= 0.3 is 0 Å². The molecule has 0 saturated carbocycles. The maximum atomic E-state index is 12.4. The number of aliphatic hydroxyl groups is 1. The number of amides is 1. The number of fused-ring (bicyclic) bond motifs is 1. The van der Waals surface area contributed by atoms with Gasteiger partial charge in [-0.05, 0) is 25.0 Å². The molecule has 0 aromatic carbocycles. The number of pyridine rings is 1. The van der Waals surface area contributed by atoms with Crippen LogP contribution in [-0.2, 0) is 11.2 Å². The minimum absolute atomic E-state index is 0.131. The Labute approximate surface area is 142 Å². The van der Waals surface area contributed by atoms with Gasteiger partial charge in [-0.1, -0.05) is 0 Å². The average molecular weight is 351 g/mol. The second-order valence-electron chi connectivity index (χ2n) is 5.72. The van der Waals surface area contributed by atoms with Crippen molar-refractivity contribution in [3.05, 3.63) is 30.1 Å². The molecule has 9 heteroatoms. The van der Waals surface area contributed by atoms with E-state index in [1.807, 2.05) is 18.3 Å². The zero-order chi connectivity index (χ0) is 17.1. The fourth-order valence-corrected chi connectivity index (χ4v) is 3.42. The number of carbonyl (C=O) groups is 1. The maximum absolute atomic E-state index is 12.4. The molecule has 2 N–H and O–H groups in total. The smallest absolute Gasteiger partial charge is 0.267 e. The molecule has 1 saturated heterocycles. The van der Waals surface area contributed by atoms with E-state index in [1.165, 1.54) is 23.3 Å². The molecule has 1 aliphatic rings. The van der Waals surface area contributed by atoms with Crippen LogP contribution in [0.15, 0.2) is 24.5 Å². The first-order valence-electron chi connectivity index (χ1n) is 7.87. The van der Waals surface area contributed by atoms with E-state index in [1.54, 1.807) is 11.6 Å². The number of rotatable bonds is 6. The molecule has 130 valence electrons. The van der Waals surface area contributed by atoms with Gasteiger partial charge in [0.05, 0.1) is 23.9 Å². The minimum Gasteiger partial charge on any atom is -0.395 e. The summed E-state index contributed by atoms with van der Waals surface area (Å²) >= 11 is -1.70. The van der Waals surface area contributed by atoms with Crippen molar-refractivity contribution in [3.8, 4) is 0 Å². The zero-order valence-electron chi connectivity index (χ0n) is 13.5. The van der Waals surface area contributed by atoms with E-state index < -0.39 is 17.1 Å². The molecule has 1 unspecified atom stereocenters. The molecule has 8 nitrogen and oxygen atoms in total. The van der Waals surface area contributed by atoms with Crippen molar-refractivity contribution in [2.24, 2.45) is 0 Å². The SMILES string of the molecule is CN(CCO)S(=O)NC(=O)c1cnn2ccc(N3CCCC3)cc12. The van der Waals surface area contributed by atoms with Crippen LogP contribution in [-0.4, -0.2) is 62.4 Å². The van der Waals surface area contributed by atoms with Crippen molar-refractivity contribution in [2.75, 3.05) is 38.2 Å². The molecular formula is C15H21N5O3S. The van der Waals surface area contributed by atoms with Crippen LogP contribution >= 0.6 is 0 Å². The quantitative estimate of drug-likeness (QED) is 0.774. The summed E-state index contributed by atoms with van der Waals surface area (Å²) in [6.45, 7) is 2.11. The second kappa shape index (κ2) is 7.29. The molecule has 0 radical (unpaired) electrons. The van der Waals surface area contributed by atoms with Crippen LogP contribution in [0.4, 0.5) is 5.69 Å². The van der Waals surface area contributed by atoms with E-state index in [-0.39, 0.29) is 13.2 Å². The Kier molecular flexibility index (Phi) is 5.12. The van der Waals surface area contributed by atoms with Crippen LogP contribution in [0.25, 0.3) is 5.52 Å². The summed E-state index contributed by atoms with van der Waals surface area (Å²) in [5.74, 6) is -0.452. The highest BCUT2D eigenvalue weighted by atomic mass is 32.2. The summed E-state index contributed by atoms with van der Waals surface area (Å²) in [5, 5.41) is 13.1. The Morgan fingerprint density at radius 3 is 2.92 bits per heavy atom. The van der Waals surface area contributed by atoms with Crippen molar-refractivity contribution in [2.45, 2.75) is 12.8 Å². The van der Waals surface area contributed by atoms with Gasteiger partial charge in [0.25, 0.3) is 5.91 Å². The van der Waals surface area contributed by atoms with Gasteiger partial charge < -0.3 is 10.0 Å². The fraction of sp³-hybridized carbons (Fsp3) is 0.467. The van der Waals surface area contributed by atoms with E-state index in [9.17, 15) is 9.00 Å². The number of hydrogen-bond acceptors (Lipinski definition) is 5. The van der Waals surface area contributed by atoms with Crippen molar-refractivity contribution in [3.63, 3.8) is 0 Å². The molecule has 0 spiro atoms. The van der Waals surface area contributed by atoms with Crippen molar-refractivity contribution < 1.29 is 14.1 Å². The van der Waals surface area contributed by atoms with Crippen LogP contribution < -0.4 is 9.62 Å². The molecule has 0 aliphatic carbocycles. The Hall–Kier alpha value is -1.97.